The van der Waals surface area contributed by atoms with Crippen molar-refractivity contribution in [3.63, 3.8) is 0 Å². The van der Waals surface area contributed by atoms with Crippen LogP contribution < -0.4 is 5.32 Å². The molecule has 1 heterocycles. The van der Waals surface area contributed by atoms with Crippen molar-refractivity contribution in [1.29, 1.82) is 0 Å². The standard InChI is InChI=1S/C13H17FN2O2/c14-11-3-1-2-4-12(11)15-13(18)5-6-16-7-10(8-16)9-17/h1-4,10,17H,5-9H2,(H,15,18). The lowest BCUT2D eigenvalue weighted by Crippen LogP contribution is -2.49. The van der Waals surface area contributed by atoms with Gasteiger partial charge in [-0.05, 0) is 12.1 Å². The number of benzene rings is 1. The van der Waals surface area contributed by atoms with Gasteiger partial charge < -0.3 is 15.3 Å². The van der Waals surface area contributed by atoms with Crippen LogP contribution in [0.25, 0.3) is 0 Å². The molecule has 4 nitrogen and oxygen atoms in total. The van der Waals surface area contributed by atoms with E-state index < -0.39 is 5.82 Å². The van der Waals surface area contributed by atoms with Crippen LogP contribution in [-0.2, 0) is 4.79 Å². The highest BCUT2D eigenvalue weighted by molar-refractivity contribution is 5.90. The molecule has 2 N–H and O–H groups in total. The van der Waals surface area contributed by atoms with E-state index in [1.807, 2.05) is 0 Å². The zero-order chi connectivity index (χ0) is 13.0. The van der Waals surface area contributed by atoms with Crippen molar-refractivity contribution >= 4 is 11.6 Å². The molecule has 0 bridgehead atoms. The van der Waals surface area contributed by atoms with Gasteiger partial charge in [-0.1, -0.05) is 12.1 Å². The molecule has 0 saturated carbocycles. The second-order valence-electron chi connectivity index (χ2n) is 4.59. The summed E-state index contributed by atoms with van der Waals surface area (Å²) in [4.78, 5) is 13.7. The fourth-order valence-corrected chi connectivity index (χ4v) is 2.01. The molecule has 0 aromatic heterocycles. The fourth-order valence-electron chi connectivity index (χ4n) is 2.01. The van der Waals surface area contributed by atoms with Crippen molar-refractivity contribution in [2.75, 3.05) is 31.6 Å². The maximum atomic E-state index is 13.3. The molecule has 18 heavy (non-hydrogen) atoms. The van der Waals surface area contributed by atoms with Crippen molar-refractivity contribution in [2.24, 2.45) is 5.92 Å². The molecule has 0 radical (unpaired) electrons. The van der Waals surface area contributed by atoms with E-state index >= 15 is 0 Å². The largest absolute Gasteiger partial charge is 0.396 e. The molecule has 1 fully saturated rings. The summed E-state index contributed by atoms with van der Waals surface area (Å²) in [6.07, 6.45) is 0.340. The molecule has 1 aliphatic heterocycles. The average molecular weight is 252 g/mol. The van der Waals surface area contributed by atoms with Crippen molar-refractivity contribution in [1.82, 2.24) is 4.90 Å². The third kappa shape index (κ3) is 3.27. The zero-order valence-electron chi connectivity index (χ0n) is 10.1. The molecule has 0 spiro atoms. The molecule has 5 heteroatoms. The second-order valence-corrected chi connectivity index (χ2v) is 4.59. The SMILES string of the molecule is O=C(CCN1CC(CO)C1)Nc1ccccc1F. The number of anilines is 1. The summed E-state index contributed by atoms with van der Waals surface area (Å²) in [5.41, 5.74) is 0.222. The van der Waals surface area contributed by atoms with E-state index in [0.717, 1.165) is 13.1 Å². The Bertz CT molecular complexity index is 419. The van der Waals surface area contributed by atoms with E-state index in [1.165, 1.54) is 6.07 Å². The summed E-state index contributed by atoms with van der Waals surface area (Å²) in [6, 6.07) is 6.12. The van der Waals surface area contributed by atoms with Gasteiger partial charge >= 0.3 is 0 Å². The van der Waals surface area contributed by atoms with Gasteiger partial charge in [-0.2, -0.15) is 0 Å². The third-order valence-electron chi connectivity index (χ3n) is 3.09. The lowest BCUT2D eigenvalue weighted by atomic mass is 10.0. The van der Waals surface area contributed by atoms with Crippen LogP contribution in [0.4, 0.5) is 10.1 Å². The van der Waals surface area contributed by atoms with Crippen molar-refractivity contribution in [2.45, 2.75) is 6.42 Å². The molecule has 0 aliphatic carbocycles. The van der Waals surface area contributed by atoms with E-state index in [1.54, 1.807) is 18.2 Å². The van der Waals surface area contributed by atoms with Gasteiger partial charge in [-0.15, -0.1) is 0 Å². The summed E-state index contributed by atoms with van der Waals surface area (Å²) >= 11 is 0. The van der Waals surface area contributed by atoms with E-state index in [9.17, 15) is 9.18 Å². The van der Waals surface area contributed by atoms with Crippen molar-refractivity contribution in [3.05, 3.63) is 30.1 Å². The molecule has 2 rings (SSSR count). The Balaban J connectivity index is 1.71. The molecular formula is C13H17FN2O2. The van der Waals surface area contributed by atoms with Gasteiger partial charge in [0.15, 0.2) is 0 Å². The number of amides is 1. The van der Waals surface area contributed by atoms with Gasteiger partial charge in [0.2, 0.25) is 5.91 Å². The highest BCUT2D eigenvalue weighted by atomic mass is 19.1. The fraction of sp³-hybridized carbons (Fsp3) is 0.462. The predicted octanol–water partition coefficient (Wildman–Crippen LogP) is 1.08. The van der Waals surface area contributed by atoms with Crippen LogP contribution in [0.1, 0.15) is 6.42 Å². The number of aliphatic hydroxyl groups excluding tert-OH is 1. The highest BCUT2D eigenvalue weighted by Gasteiger charge is 2.25. The topological polar surface area (TPSA) is 52.6 Å². The Kier molecular flexibility index (Phi) is 4.28. The molecule has 1 aliphatic rings. The first-order chi connectivity index (χ1) is 8.69. The minimum atomic E-state index is -0.421. The molecular weight excluding hydrogens is 235 g/mol. The first-order valence-electron chi connectivity index (χ1n) is 6.06. The Morgan fingerprint density at radius 2 is 2.17 bits per heavy atom. The average Bonchev–Trinajstić information content (AvgIpc) is 2.30. The van der Waals surface area contributed by atoms with Gasteiger partial charge in [-0.3, -0.25) is 4.79 Å². The minimum absolute atomic E-state index is 0.187. The van der Waals surface area contributed by atoms with Gasteiger partial charge in [0.05, 0.1) is 5.69 Å². The van der Waals surface area contributed by atoms with Gasteiger partial charge in [0, 0.05) is 38.6 Å². The monoisotopic (exact) mass is 252 g/mol. The highest BCUT2D eigenvalue weighted by Crippen LogP contribution is 2.15. The summed E-state index contributed by atoms with van der Waals surface area (Å²) in [7, 11) is 0. The summed E-state index contributed by atoms with van der Waals surface area (Å²) in [6.45, 7) is 2.53. The van der Waals surface area contributed by atoms with Crippen LogP contribution in [0, 0.1) is 11.7 Å². The van der Waals surface area contributed by atoms with E-state index in [0.29, 0.717) is 18.9 Å². The minimum Gasteiger partial charge on any atom is -0.396 e. The molecule has 1 aromatic rings. The van der Waals surface area contributed by atoms with Crippen LogP contribution in [0.2, 0.25) is 0 Å². The molecule has 1 saturated heterocycles. The first kappa shape index (κ1) is 13.0. The molecule has 98 valence electrons. The lowest BCUT2D eigenvalue weighted by molar-refractivity contribution is -0.117. The molecule has 0 atom stereocenters. The van der Waals surface area contributed by atoms with Crippen LogP contribution in [-0.4, -0.2) is 42.2 Å². The number of hydrogen-bond donors (Lipinski definition) is 2. The number of rotatable bonds is 5. The van der Waals surface area contributed by atoms with Gasteiger partial charge in [-0.25, -0.2) is 4.39 Å². The van der Waals surface area contributed by atoms with E-state index in [4.69, 9.17) is 5.11 Å². The Labute approximate surface area is 105 Å². The van der Waals surface area contributed by atoms with Gasteiger partial charge in [0.1, 0.15) is 5.82 Å². The number of hydrogen-bond acceptors (Lipinski definition) is 3. The first-order valence-corrected chi connectivity index (χ1v) is 6.06. The number of nitrogens with zero attached hydrogens (tertiary/aromatic N) is 1. The maximum absolute atomic E-state index is 13.3. The summed E-state index contributed by atoms with van der Waals surface area (Å²) in [5, 5.41) is 11.4. The van der Waals surface area contributed by atoms with Crippen molar-refractivity contribution in [3.8, 4) is 0 Å². The lowest BCUT2D eigenvalue weighted by Gasteiger charge is -2.38. The quantitative estimate of drug-likeness (QED) is 0.824. The van der Waals surface area contributed by atoms with E-state index in [2.05, 4.69) is 10.2 Å². The normalized spacial score (nSPS) is 16.3. The smallest absolute Gasteiger partial charge is 0.225 e. The molecule has 1 amide bonds. The number of halogens is 1. The number of carbonyl (C=O) groups excluding carboxylic acids is 1. The van der Waals surface area contributed by atoms with E-state index in [-0.39, 0.29) is 18.2 Å². The zero-order valence-corrected chi connectivity index (χ0v) is 10.1. The number of aliphatic hydroxyl groups is 1. The number of para-hydroxylation sites is 1. The number of nitrogens with one attached hydrogen (secondary N) is 1. The van der Waals surface area contributed by atoms with Gasteiger partial charge in [0.25, 0.3) is 0 Å². The maximum Gasteiger partial charge on any atom is 0.225 e. The van der Waals surface area contributed by atoms with Crippen LogP contribution >= 0.6 is 0 Å². The number of carbonyl (C=O) groups is 1. The summed E-state index contributed by atoms with van der Waals surface area (Å²) < 4.78 is 13.3. The second kappa shape index (κ2) is 5.93. The van der Waals surface area contributed by atoms with Crippen LogP contribution in [0.3, 0.4) is 0 Å². The Hall–Kier alpha value is -1.46. The number of likely N-dealkylation sites (tertiary alicyclic amines) is 1. The Morgan fingerprint density at radius 1 is 1.44 bits per heavy atom. The molecule has 0 unspecified atom stereocenters. The summed E-state index contributed by atoms with van der Waals surface area (Å²) in [5.74, 6) is -0.262. The Morgan fingerprint density at radius 3 is 2.83 bits per heavy atom. The predicted molar refractivity (Wildman–Crippen MR) is 66.7 cm³/mol. The van der Waals surface area contributed by atoms with Crippen LogP contribution in [0.15, 0.2) is 24.3 Å². The van der Waals surface area contributed by atoms with Crippen LogP contribution in [0.5, 0.6) is 0 Å². The van der Waals surface area contributed by atoms with Crippen molar-refractivity contribution < 1.29 is 14.3 Å². The molecule has 1 aromatic carbocycles. The third-order valence-corrected chi connectivity index (χ3v) is 3.09.